The summed E-state index contributed by atoms with van der Waals surface area (Å²) in [6, 6.07) is 6.74. The summed E-state index contributed by atoms with van der Waals surface area (Å²) in [4.78, 5) is 10.9. The Morgan fingerprint density at radius 1 is 1.44 bits per heavy atom. The number of hydrogen-bond acceptors (Lipinski definition) is 4. The lowest BCUT2D eigenvalue weighted by Gasteiger charge is -2.03. The fourth-order valence-electron chi connectivity index (χ4n) is 0.896. The molecule has 0 unspecified atom stereocenters. The Labute approximate surface area is 99.8 Å². The van der Waals surface area contributed by atoms with E-state index in [1.807, 2.05) is 13.8 Å². The zero-order valence-electron chi connectivity index (χ0n) is 9.20. The van der Waals surface area contributed by atoms with Crippen LogP contribution in [-0.4, -0.2) is 17.7 Å². The van der Waals surface area contributed by atoms with E-state index in [4.69, 9.17) is 17.0 Å². The molecule has 0 heterocycles. The number of hydrogen-bond donors (Lipinski definition) is 2. The first kappa shape index (κ1) is 14.3. The van der Waals surface area contributed by atoms with Gasteiger partial charge in [-0.25, -0.2) is 0 Å². The van der Waals surface area contributed by atoms with E-state index in [1.54, 1.807) is 24.3 Å². The van der Waals surface area contributed by atoms with Crippen molar-refractivity contribution < 1.29 is 4.79 Å². The summed E-state index contributed by atoms with van der Waals surface area (Å²) in [6.45, 7) is 4.00. The summed E-state index contributed by atoms with van der Waals surface area (Å²) in [7, 11) is 0. The number of rotatable bonds is 4. The number of hydrazone groups is 1. The zero-order chi connectivity index (χ0) is 12.4. The summed E-state index contributed by atoms with van der Waals surface area (Å²) >= 11 is 5.35. The maximum Gasteiger partial charge on any atom is 0.254 e. The molecule has 1 aromatic carbocycles. The van der Waals surface area contributed by atoms with Crippen molar-refractivity contribution in [3.63, 3.8) is 0 Å². The molecule has 0 saturated carbocycles. The van der Waals surface area contributed by atoms with Crippen LogP contribution in [0.1, 0.15) is 24.2 Å². The average molecular weight is 240 g/mol. The summed E-state index contributed by atoms with van der Waals surface area (Å²) < 4.78 is 0. The molecule has 16 heavy (non-hydrogen) atoms. The molecule has 0 bridgehead atoms. The van der Waals surface area contributed by atoms with Gasteiger partial charge in [-0.15, -0.1) is 0 Å². The third-order valence-corrected chi connectivity index (χ3v) is 1.68. The van der Waals surface area contributed by atoms with Gasteiger partial charge in [0.15, 0.2) is 0 Å². The van der Waals surface area contributed by atoms with Gasteiger partial charge in [0.25, 0.3) is 5.24 Å². The highest BCUT2D eigenvalue weighted by molar-refractivity contribution is 6.68. The highest BCUT2D eigenvalue weighted by Crippen LogP contribution is 2.16. The van der Waals surface area contributed by atoms with Crippen molar-refractivity contribution in [1.82, 2.24) is 0 Å². The molecule has 0 atom stereocenters. The van der Waals surface area contributed by atoms with E-state index in [2.05, 4.69) is 10.5 Å². The fraction of sp³-hybridized carbons (Fsp3) is 0.182. The Hall–Kier alpha value is -1.68. The van der Waals surface area contributed by atoms with Crippen LogP contribution in [0.2, 0.25) is 0 Å². The van der Waals surface area contributed by atoms with Crippen LogP contribution in [0.5, 0.6) is 0 Å². The molecule has 5 heteroatoms. The van der Waals surface area contributed by atoms with E-state index >= 15 is 0 Å². The number of nitrogens with one attached hydrogen (secondary N) is 2. The second-order valence-corrected chi connectivity index (χ2v) is 2.72. The largest absolute Gasteiger partial charge is 0.307 e. The molecule has 2 N–H and O–H groups in total. The molecule has 0 amide bonds. The zero-order valence-corrected chi connectivity index (χ0v) is 9.95. The van der Waals surface area contributed by atoms with E-state index in [9.17, 15) is 4.79 Å². The topological polar surface area (TPSA) is 65.3 Å². The smallest absolute Gasteiger partial charge is 0.254 e. The first-order valence-corrected chi connectivity index (χ1v) is 5.20. The number of carbonyl (C=O) groups excluding carboxylic acids is 1. The standard InChI is InChI=1S/C9H8ClN3O.C2H6/c10-9(14)7-3-1-2-4-8(7)13-12-6-5-11;1-2/h1-6,11,13H;1-2H3/b11-5?,12-6-;. The van der Waals surface area contributed by atoms with Crippen LogP contribution in [0.4, 0.5) is 5.69 Å². The van der Waals surface area contributed by atoms with Crippen molar-refractivity contribution in [1.29, 1.82) is 5.41 Å². The van der Waals surface area contributed by atoms with Crippen LogP contribution in [0.25, 0.3) is 0 Å². The molecular formula is C11H14ClN3O. The molecular weight excluding hydrogens is 226 g/mol. The highest BCUT2D eigenvalue weighted by atomic mass is 35.5. The third-order valence-electron chi connectivity index (χ3n) is 1.47. The van der Waals surface area contributed by atoms with Gasteiger partial charge in [-0.1, -0.05) is 26.0 Å². The van der Waals surface area contributed by atoms with Gasteiger partial charge in [-0.3, -0.25) is 10.2 Å². The van der Waals surface area contributed by atoms with Crippen molar-refractivity contribution in [3.8, 4) is 0 Å². The van der Waals surface area contributed by atoms with Gasteiger partial charge in [0.2, 0.25) is 0 Å². The first-order valence-electron chi connectivity index (χ1n) is 4.82. The minimum Gasteiger partial charge on any atom is -0.307 e. The number of benzene rings is 1. The van der Waals surface area contributed by atoms with E-state index in [0.717, 1.165) is 6.21 Å². The number of carbonyl (C=O) groups is 1. The molecule has 0 saturated heterocycles. The van der Waals surface area contributed by atoms with E-state index in [1.165, 1.54) is 6.21 Å². The molecule has 0 aliphatic carbocycles. The SMILES string of the molecule is CC.N=C/C=N\Nc1ccccc1C(=O)Cl. The molecule has 0 aromatic heterocycles. The predicted octanol–water partition coefficient (Wildman–Crippen LogP) is 3.14. The molecule has 1 aromatic rings. The Balaban J connectivity index is 0.00000106. The number of nitrogens with zero attached hydrogens (tertiary/aromatic N) is 1. The van der Waals surface area contributed by atoms with Crippen LogP contribution in [0.15, 0.2) is 29.4 Å². The summed E-state index contributed by atoms with van der Waals surface area (Å²) in [5.74, 6) is 0. The summed E-state index contributed by atoms with van der Waals surface area (Å²) in [6.07, 6.45) is 2.29. The molecule has 0 aliphatic heterocycles. The minimum atomic E-state index is -0.543. The van der Waals surface area contributed by atoms with Gasteiger partial charge < -0.3 is 5.41 Å². The molecule has 0 spiro atoms. The number of para-hydroxylation sites is 1. The maximum atomic E-state index is 10.9. The van der Waals surface area contributed by atoms with Gasteiger partial charge in [0, 0.05) is 6.21 Å². The first-order chi connectivity index (χ1) is 7.75. The quantitative estimate of drug-likeness (QED) is 0.482. The fourth-order valence-corrected chi connectivity index (χ4v) is 1.06. The average Bonchev–Trinajstić information content (AvgIpc) is 2.32. The number of anilines is 1. The minimum absolute atomic E-state index is 0.358. The Morgan fingerprint density at radius 2 is 2.06 bits per heavy atom. The third kappa shape index (κ3) is 4.70. The van der Waals surface area contributed by atoms with Crippen molar-refractivity contribution >= 4 is 35.0 Å². The van der Waals surface area contributed by atoms with Crippen LogP contribution in [0.3, 0.4) is 0 Å². The van der Waals surface area contributed by atoms with Crippen LogP contribution in [-0.2, 0) is 0 Å². The normalized spacial score (nSPS) is 9.19. The van der Waals surface area contributed by atoms with Crippen molar-refractivity contribution in [2.45, 2.75) is 13.8 Å². The Bertz CT molecular complexity index is 377. The van der Waals surface area contributed by atoms with Gasteiger partial charge in [0.05, 0.1) is 17.5 Å². The lowest BCUT2D eigenvalue weighted by molar-refractivity contribution is 0.108. The lowest BCUT2D eigenvalue weighted by atomic mass is 10.2. The van der Waals surface area contributed by atoms with Gasteiger partial charge in [0.1, 0.15) is 0 Å². The van der Waals surface area contributed by atoms with Crippen molar-refractivity contribution in [2.24, 2.45) is 5.10 Å². The second kappa shape index (κ2) is 8.61. The molecule has 0 aliphatic rings. The van der Waals surface area contributed by atoms with Crippen molar-refractivity contribution in [3.05, 3.63) is 29.8 Å². The highest BCUT2D eigenvalue weighted by Gasteiger charge is 2.06. The summed E-state index contributed by atoms with van der Waals surface area (Å²) in [5, 5.41) is 9.83. The van der Waals surface area contributed by atoms with Gasteiger partial charge in [-0.05, 0) is 23.7 Å². The Kier molecular flexibility index (Phi) is 7.71. The van der Waals surface area contributed by atoms with Crippen LogP contribution in [0, 0.1) is 5.41 Å². The molecule has 4 nitrogen and oxygen atoms in total. The van der Waals surface area contributed by atoms with Gasteiger partial charge in [-0.2, -0.15) is 5.10 Å². The monoisotopic (exact) mass is 239 g/mol. The molecule has 0 fully saturated rings. The van der Waals surface area contributed by atoms with Crippen LogP contribution < -0.4 is 5.43 Å². The number of halogens is 1. The van der Waals surface area contributed by atoms with E-state index in [-0.39, 0.29) is 0 Å². The van der Waals surface area contributed by atoms with E-state index < -0.39 is 5.24 Å². The predicted molar refractivity (Wildman–Crippen MR) is 68.9 cm³/mol. The molecule has 86 valence electrons. The van der Waals surface area contributed by atoms with Gasteiger partial charge >= 0.3 is 0 Å². The summed E-state index contributed by atoms with van der Waals surface area (Å²) in [5.41, 5.74) is 3.49. The Morgan fingerprint density at radius 3 is 2.62 bits per heavy atom. The van der Waals surface area contributed by atoms with E-state index in [0.29, 0.717) is 11.3 Å². The van der Waals surface area contributed by atoms with Crippen molar-refractivity contribution in [2.75, 3.05) is 5.43 Å². The van der Waals surface area contributed by atoms with Crippen LogP contribution >= 0.6 is 11.6 Å². The maximum absolute atomic E-state index is 10.9. The molecule has 1 rings (SSSR count). The second-order valence-electron chi connectivity index (χ2n) is 2.38. The molecule has 0 radical (unpaired) electrons. The lowest BCUT2D eigenvalue weighted by Crippen LogP contribution is -1.97.